The highest BCUT2D eigenvalue weighted by molar-refractivity contribution is 6.31. The molecule has 5 nitrogen and oxygen atoms in total. The van der Waals surface area contributed by atoms with Crippen molar-refractivity contribution < 1.29 is 14.4 Å². The SMILES string of the molecule is Cc1ccccc1C=C1C(=O)NC(=O)N(C2CCCCC2)C1=O. The van der Waals surface area contributed by atoms with Gasteiger partial charge in [-0.1, -0.05) is 43.5 Å². The molecule has 1 aliphatic heterocycles. The van der Waals surface area contributed by atoms with E-state index in [9.17, 15) is 14.4 Å². The molecule has 1 heterocycles. The van der Waals surface area contributed by atoms with E-state index in [1.165, 1.54) is 4.90 Å². The van der Waals surface area contributed by atoms with Gasteiger partial charge in [0.05, 0.1) is 0 Å². The van der Waals surface area contributed by atoms with Crippen LogP contribution in [0.25, 0.3) is 6.08 Å². The average Bonchev–Trinajstić information content (AvgIpc) is 2.54. The van der Waals surface area contributed by atoms with Crippen molar-refractivity contribution in [1.29, 1.82) is 0 Å². The van der Waals surface area contributed by atoms with Crippen LogP contribution in [0.15, 0.2) is 29.8 Å². The summed E-state index contributed by atoms with van der Waals surface area (Å²) in [6, 6.07) is 6.83. The second-order valence-corrected chi connectivity index (χ2v) is 6.14. The Morgan fingerprint density at radius 2 is 1.78 bits per heavy atom. The maximum Gasteiger partial charge on any atom is 0.331 e. The molecule has 2 aliphatic rings. The van der Waals surface area contributed by atoms with Crippen LogP contribution in [0.3, 0.4) is 0 Å². The van der Waals surface area contributed by atoms with Gasteiger partial charge in [0.1, 0.15) is 5.57 Å². The lowest BCUT2D eigenvalue weighted by Gasteiger charge is -2.35. The van der Waals surface area contributed by atoms with Gasteiger partial charge in [-0.2, -0.15) is 0 Å². The van der Waals surface area contributed by atoms with Crippen molar-refractivity contribution in [3.63, 3.8) is 0 Å². The number of nitrogens with one attached hydrogen (secondary N) is 1. The van der Waals surface area contributed by atoms with E-state index in [0.29, 0.717) is 0 Å². The molecule has 1 aromatic rings. The van der Waals surface area contributed by atoms with E-state index in [-0.39, 0.29) is 11.6 Å². The number of amides is 4. The van der Waals surface area contributed by atoms with Crippen molar-refractivity contribution in [1.82, 2.24) is 10.2 Å². The Labute approximate surface area is 135 Å². The molecule has 120 valence electrons. The normalized spacial score (nSPS) is 21.7. The summed E-state index contributed by atoms with van der Waals surface area (Å²) in [7, 11) is 0. The molecule has 1 N–H and O–H groups in total. The zero-order valence-electron chi connectivity index (χ0n) is 13.2. The van der Waals surface area contributed by atoms with Crippen molar-refractivity contribution in [2.75, 3.05) is 0 Å². The Morgan fingerprint density at radius 1 is 1.09 bits per heavy atom. The number of imide groups is 2. The van der Waals surface area contributed by atoms with Crippen molar-refractivity contribution in [2.24, 2.45) is 0 Å². The summed E-state index contributed by atoms with van der Waals surface area (Å²) in [5.41, 5.74) is 1.81. The molecule has 5 heteroatoms. The van der Waals surface area contributed by atoms with Crippen LogP contribution in [0.5, 0.6) is 0 Å². The molecule has 1 saturated heterocycles. The highest BCUT2D eigenvalue weighted by Crippen LogP contribution is 2.26. The maximum absolute atomic E-state index is 12.7. The third kappa shape index (κ3) is 3.04. The molecule has 23 heavy (non-hydrogen) atoms. The van der Waals surface area contributed by atoms with Gasteiger partial charge in [-0.05, 0) is 37.0 Å². The van der Waals surface area contributed by atoms with Gasteiger partial charge in [-0.3, -0.25) is 19.8 Å². The van der Waals surface area contributed by atoms with Crippen LogP contribution in [0.4, 0.5) is 4.79 Å². The summed E-state index contributed by atoms with van der Waals surface area (Å²) >= 11 is 0. The van der Waals surface area contributed by atoms with E-state index in [4.69, 9.17) is 0 Å². The Bertz CT molecular complexity index is 687. The zero-order valence-corrected chi connectivity index (χ0v) is 13.2. The number of carbonyl (C=O) groups is 3. The van der Waals surface area contributed by atoms with Gasteiger partial charge in [0.15, 0.2) is 0 Å². The minimum Gasteiger partial charge on any atom is -0.273 e. The van der Waals surface area contributed by atoms with Crippen LogP contribution >= 0.6 is 0 Å². The zero-order chi connectivity index (χ0) is 16.4. The number of barbiturate groups is 1. The van der Waals surface area contributed by atoms with Crippen LogP contribution in [-0.2, 0) is 9.59 Å². The number of rotatable bonds is 2. The van der Waals surface area contributed by atoms with E-state index in [1.54, 1.807) is 6.08 Å². The number of hydrogen-bond acceptors (Lipinski definition) is 3. The molecule has 4 amide bonds. The first kappa shape index (κ1) is 15.5. The molecule has 0 atom stereocenters. The average molecular weight is 312 g/mol. The summed E-state index contributed by atoms with van der Waals surface area (Å²) in [6.07, 6.45) is 6.34. The molecule has 2 fully saturated rings. The van der Waals surface area contributed by atoms with Crippen LogP contribution in [0.2, 0.25) is 0 Å². The Balaban J connectivity index is 1.93. The molecule has 0 radical (unpaired) electrons. The van der Waals surface area contributed by atoms with Crippen LogP contribution in [0, 0.1) is 6.92 Å². The fourth-order valence-electron chi connectivity index (χ4n) is 3.25. The highest BCUT2D eigenvalue weighted by Gasteiger charge is 2.40. The smallest absolute Gasteiger partial charge is 0.273 e. The predicted octanol–water partition coefficient (Wildman–Crippen LogP) is 2.79. The van der Waals surface area contributed by atoms with Crippen LogP contribution in [-0.4, -0.2) is 28.8 Å². The predicted molar refractivity (Wildman–Crippen MR) is 86.4 cm³/mol. The standard InChI is InChI=1S/C18H20N2O3/c1-12-7-5-6-8-13(12)11-15-16(21)19-18(23)20(17(15)22)14-9-3-2-4-10-14/h5-8,11,14H,2-4,9-10H2,1H3,(H,19,21,23). The second kappa shape index (κ2) is 6.36. The number of benzene rings is 1. The molecule has 0 spiro atoms. The lowest BCUT2D eigenvalue weighted by atomic mass is 9.93. The molecular weight excluding hydrogens is 292 g/mol. The van der Waals surface area contributed by atoms with Crippen LogP contribution in [0.1, 0.15) is 43.2 Å². The monoisotopic (exact) mass is 312 g/mol. The maximum atomic E-state index is 12.7. The van der Waals surface area contributed by atoms with Gasteiger partial charge in [0.25, 0.3) is 11.8 Å². The largest absolute Gasteiger partial charge is 0.331 e. The fourth-order valence-corrected chi connectivity index (χ4v) is 3.25. The number of hydrogen-bond donors (Lipinski definition) is 1. The van der Waals surface area contributed by atoms with E-state index in [2.05, 4.69) is 5.32 Å². The number of urea groups is 1. The Hall–Kier alpha value is -2.43. The van der Waals surface area contributed by atoms with Crippen molar-refractivity contribution in [2.45, 2.75) is 45.1 Å². The van der Waals surface area contributed by atoms with Crippen molar-refractivity contribution in [3.05, 3.63) is 41.0 Å². The first-order chi connectivity index (χ1) is 11.1. The molecular formula is C18H20N2O3. The third-order valence-corrected chi connectivity index (χ3v) is 4.56. The number of carbonyl (C=O) groups excluding carboxylic acids is 3. The fraction of sp³-hybridized carbons (Fsp3) is 0.389. The summed E-state index contributed by atoms with van der Waals surface area (Å²) < 4.78 is 0. The molecule has 1 saturated carbocycles. The highest BCUT2D eigenvalue weighted by atomic mass is 16.2. The molecule has 1 aliphatic carbocycles. The van der Waals surface area contributed by atoms with E-state index < -0.39 is 17.8 Å². The van der Waals surface area contributed by atoms with Gasteiger partial charge in [-0.25, -0.2) is 4.79 Å². The second-order valence-electron chi connectivity index (χ2n) is 6.14. The van der Waals surface area contributed by atoms with Gasteiger partial charge in [0, 0.05) is 6.04 Å². The minimum absolute atomic E-state index is 0.0319. The van der Waals surface area contributed by atoms with E-state index in [1.807, 2.05) is 31.2 Å². The lowest BCUT2D eigenvalue weighted by Crippen LogP contribution is -2.58. The topological polar surface area (TPSA) is 66.5 Å². The Morgan fingerprint density at radius 3 is 2.48 bits per heavy atom. The van der Waals surface area contributed by atoms with E-state index in [0.717, 1.165) is 43.2 Å². The van der Waals surface area contributed by atoms with Crippen molar-refractivity contribution >= 4 is 23.9 Å². The molecule has 0 aromatic heterocycles. The summed E-state index contributed by atoms with van der Waals surface area (Å²) in [4.78, 5) is 38.2. The third-order valence-electron chi connectivity index (χ3n) is 4.56. The van der Waals surface area contributed by atoms with Crippen molar-refractivity contribution in [3.8, 4) is 0 Å². The number of aryl methyl sites for hydroxylation is 1. The summed E-state index contributed by atoms with van der Waals surface area (Å²) in [5, 5.41) is 2.31. The van der Waals surface area contributed by atoms with E-state index >= 15 is 0 Å². The van der Waals surface area contributed by atoms with Gasteiger partial charge < -0.3 is 0 Å². The van der Waals surface area contributed by atoms with Gasteiger partial charge in [-0.15, -0.1) is 0 Å². The minimum atomic E-state index is -0.615. The lowest BCUT2D eigenvalue weighted by molar-refractivity contribution is -0.132. The molecule has 0 bridgehead atoms. The molecule has 1 aromatic carbocycles. The first-order valence-electron chi connectivity index (χ1n) is 8.04. The van der Waals surface area contributed by atoms with Crippen LogP contribution < -0.4 is 5.32 Å². The van der Waals surface area contributed by atoms with Gasteiger partial charge >= 0.3 is 6.03 Å². The summed E-state index contributed by atoms with van der Waals surface area (Å²) in [6.45, 7) is 1.92. The van der Waals surface area contributed by atoms with Gasteiger partial charge in [0.2, 0.25) is 0 Å². The Kier molecular flexibility index (Phi) is 4.28. The summed E-state index contributed by atoms with van der Waals surface area (Å²) in [5.74, 6) is -1.09. The molecule has 0 unspecified atom stereocenters. The number of nitrogens with zero attached hydrogens (tertiary/aromatic N) is 1. The quantitative estimate of drug-likeness (QED) is 0.674. The first-order valence-corrected chi connectivity index (χ1v) is 8.04. The molecule has 3 rings (SSSR count).